The van der Waals surface area contributed by atoms with E-state index in [2.05, 4.69) is 10.3 Å². The second-order valence-corrected chi connectivity index (χ2v) is 6.82. The van der Waals surface area contributed by atoms with Crippen molar-refractivity contribution in [1.82, 2.24) is 4.98 Å². The van der Waals surface area contributed by atoms with Crippen molar-refractivity contribution in [2.75, 3.05) is 17.6 Å². The van der Waals surface area contributed by atoms with E-state index in [1.807, 2.05) is 0 Å². The number of benzene rings is 1. The summed E-state index contributed by atoms with van der Waals surface area (Å²) in [7, 11) is 0. The number of carbonyl (C=O) groups is 1. The molecule has 1 amide bonds. The summed E-state index contributed by atoms with van der Waals surface area (Å²) in [5.41, 5.74) is 6.11. The van der Waals surface area contributed by atoms with Crippen LogP contribution in [-0.4, -0.2) is 29.6 Å². The number of alkyl halides is 2. The van der Waals surface area contributed by atoms with Crippen LogP contribution in [0.25, 0.3) is 0 Å². The van der Waals surface area contributed by atoms with Gasteiger partial charge in [0, 0.05) is 16.7 Å². The lowest BCUT2D eigenvalue weighted by Gasteiger charge is -2.11. The van der Waals surface area contributed by atoms with Gasteiger partial charge in [0.15, 0.2) is 0 Å². The molecule has 3 N–H and O–H groups in total. The minimum Gasteiger partial charge on any atom is -0.330 e. The van der Waals surface area contributed by atoms with Gasteiger partial charge in [0.2, 0.25) is 6.43 Å². The fourth-order valence-electron chi connectivity index (χ4n) is 1.74. The van der Waals surface area contributed by atoms with Crippen LogP contribution in [0.4, 0.5) is 14.5 Å². The highest BCUT2D eigenvalue weighted by Crippen LogP contribution is 2.35. The number of nitrogens with two attached hydrogens (primary N) is 1. The molecule has 1 aromatic carbocycles. The molecule has 0 bridgehead atoms. The monoisotopic (exact) mass is 377 g/mol. The number of halogens is 3. The van der Waals surface area contributed by atoms with Gasteiger partial charge in [-0.05, 0) is 18.7 Å². The van der Waals surface area contributed by atoms with Crippen molar-refractivity contribution in [3.63, 3.8) is 0 Å². The molecule has 4 nitrogen and oxygen atoms in total. The maximum Gasteiger partial charge on any atom is 0.275 e. The number of thiazole rings is 1. The number of nitrogens with zero attached hydrogens (tertiary/aromatic N) is 1. The lowest BCUT2D eigenvalue weighted by atomic mass is 10.3. The molecular weight excluding hydrogens is 364 g/mol. The fraction of sp³-hybridized carbons (Fsp3) is 0.286. The molecule has 1 heterocycles. The van der Waals surface area contributed by atoms with Crippen molar-refractivity contribution < 1.29 is 13.6 Å². The Morgan fingerprint density at radius 3 is 2.96 bits per heavy atom. The number of aromatic nitrogens is 1. The molecule has 0 radical (unpaired) electrons. The number of carbonyl (C=O) groups excluding carboxylic acids is 1. The van der Waals surface area contributed by atoms with Crippen molar-refractivity contribution in [1.29, 1.82) is 0 Å². The van der Waals surface area contributed by atoms with Gasteiger partial charge >= 0.3 is 0 Å². The van der Waals surface area contributed by atoms with Gasteiger partial charge in [-0.25, -0.2) is 13.8 Å². The summed E-state index contributed by atoms with van der Waals surface area (Å²) in [6, 6.07) is 4.85. The molecule has 0 saturated carbocycles. The van der Waals surface area contributed by atoms with E-state index in [4.69, 9.17) is 17.3 Å². The van der Waals surface area contributed by atoms with Gasteiger partial charge < -0.3 is 11.1 Å². The van der Waals surface area contributed by atoms with E-state index in [0.717, 1.165) is 16.8 Å². The maximum atomic E-state index is 12.4. The first-order valence-corrected chi connectivity index (χ1v) is 8.91. The summed E-state index contributed by atoms with van der Waals surface area (Å²) in [4.78, 5) is 16.8. The zero-order chi connectivity index (χ0) is 16.8. The van der Waals surface area contributed by atoms with Crippen LogP contribution in [0.3, 0.4) is 0 Å². The van der Waals surface area contributed by atoms with Crippen molar-refractivity contribution >= 4 is 46.3 Å². The number of rotatable bonds is 7. The second-order valence-electron chi connectivity index (χ2n) is 4.44. The molecule has 0 fully saturated rings. The van der Waals surface area contributed by atoms with E-state index in [0.29, 0.717) is 28.6 Å². The van der Waals surface area contributed by atoms with Gasteiger partial charge in [0.25, 0.3) is 5.91 Å². The summed E-state index contributed by atoms with van der Waals surface area (Å²) in [5, 5.41) is 5.40. The third-order valence-corrected chi connectivity index (χ3v) is 5.19. The van der Waals surface area contributed by atoms with Crippen molar-refractivity contribution in [2.24, 2.45) is 5.73 Å². The van der Waals surface area contributed by atoms with Crippen LogP contribution >= 0.6 is 34.7 Å². The minimum atomic E-state index is -2.46. The summed E-state index contributed by atoms with van der Waals surface area (Å²) in [6.07, 6.45) is -1.86. The number of nitrogens with one attached hydrogen (secondary N) is 1. The van der Waals surface area contributed by atoms with Crippen LogP contribution in [0.15, 0.2) is 28.5 Å². The largest absolute Gasteiger partial charge is 0.330 e. The van der Waals surface area contributed by atoms with E-state index in [-0.39, 0.29) is 5.69 Å². The van der Waals surface area contributed by atoms with E-state index in [9.17, 15) is 13.6 Å². The first kappa shape index (κ1) is 18.1. The van der Waals surface area contributed by atoms with Crippen molar-refractivity contribution in [3.8, 4) is 0 Å². The molecular formula is C14H14ClF2N3OS2. The van der Waals surface area contributed by atoms with Crippen LogP contribution in [0.5, 0.6) is 0 Å². The van der Waals surface area contributed by atoms with Crippen LogP contribution in [0.2, 0.25) is 5.02 Å². The van der Waals surface area contributed by atoms with Crippen LogP contribution in [0.1, 0.15) is 15.5 Å². The molecule has 1 aromatic heterocycles. The van der Waals surface area contributed by atoms with Gasteiger partial charge in [-0.2, -0.15) is 0 Å². The van der Waals surface area contributed by atoms with E-state index in [1.54, 1.807) is 23.6 Å². The molecule has 0 atom stereocenters. The average molecular weight is 378 g/mol. The first-order chi connectivity index (χ1) is 11.0. The predicted molar refractivity (Wildman–Crippen MR) is 91.0 cm³/mol. The minimum absolute atomic E-state index is 0.267. The molecule has 2 aromatic rings. The highest BCUT2D eigenvalue weighted by Gasteiger charge is 2.16. The van der Waals surface area contributed by atoms with Gasteiger partial charge in [0.1, 0.15) is 5.69 Å². The molecule has 9 heteroatoms. The average Bonchev–Trinajstić information content (AvgIpc) is 2.95. The van der Waals surface area contributed by atoms with E-state index < -0.39 is 18.1 Å². The molecule has 0 saturated heterocycles. The third kappa shape index (κ3) is 5.13. The normalized spacial score (nSPS) is 11.0. The van der Waals surface area contributed by atoms with Gasteiger partial charge in [-0.1, -0.05) is 17.7 Å². The molecule has 0 aliphatic heterocycles. The second kappa shape index (κ2) is 8.58. The van der Waals surface area contributed by atoms with Gasteiger partial charge in [0.05, 0.1) is 21.5 Å². The van der Waals surface area contributed by atoms with E-state index >= 15 is 0 Å². The Bertz CT molecular complexity index is 682. The Labute approximate surface area is 145 Å². The molecule has 124 valence electrons. The van der Waals surface area contributed by atoms with E-state index in [1.165, 1.54) is 11.3 Å². The van der Waals surface area contributed by atoms with Crippen molar-refractivity contribution in [3.05, 3.63) is 39.3 Å². The van der Waals surface area contributed by atoms with Crippen molar-refractivity contribution in [2.45, 2.75) is 17.7 Å². The smallest absolute Gasteiger partial charge is 0.275 e. The summed E-state index contributed by atoms with van der Waals surface area (Å²) < 4.78 is 24.8. The number of hydrogen-bond acceptors (Lipinski definition) is 5. The number of thioether (sulfide) groups is 1. The number of hydrogen-bond donors (Lipinski definition) is 2. The lowest BCUT2D eigenvalue weighted by Crippen LogP contribution is -2.13. The third-order valence-electron chi connectivity index (χ3n) is 2.71. The summed E-state index contributed by atoms with van der Waals surface area (Å²) in [6.45, 7) is 0.456. The van der Waals surface area contributed by atoms with Gasteiger partial charge in [-0.15, -0.1) is 23.1 Å². The molecule has 2 rings (SSSR count). The zero-order valence-electron chi connectivity index (χ0n) is 11.9. The first-order valence-electron chi connectivity index (χ1n) is 6.66. The highest BCUT2D eigenvalue weighted by molar-refractivity contribution is 7.99. The Balaban J connectivity index is 2.14. The fourth-order valence-corrected chi connectivity index (χ4v) is 3.65. The van der Waals surface area contributed by atoms with Crippen LogP contribution < -0.4 is 11.1 Å². The standard InChI is InChI=1S/C14H14ClF2N3OS2/c15-8-2-1-3-9(13(8)23-7-11(16)17)20-14(21)10-6-22-12(19-10)4-5-18/h1-3,6,11H,4-5,7,18H2,(H,20,21). The van der Waals surface area contributed by atoms with Crippen LogP contribution in [-0.2, 0) is 6.42 Å². The molecule has 0 aliphatic rings. The predicted octanol–water partition coefficient (Wildman–Crippen LogP) is 3.91. The SMILES string of the molecule is NCCc1nc(C(=O)Nc2cccc(Cl)c2SCC(F)F)cs1. The Kier molecular flexibility index (Phi) is 6.76. The Morgan fingerprint density at radius 2 is 2.26 bits per heavy atom. The number of anilines is 1. The topological polar surface area (TPSA) is 68.0 Å². The molecule has 0 unspecified atom stereocenters. The zero-order valence-corrected chi connectivity index (χ0v) is 14.3. The maximum absolute atomic E-state index is 12.4. The summed E-state index contributed by atoms with van der Waals surface area (Å²) in [5.74, 6) is -0.810. The Morgan fingerprint density at radius 1 is 1.48 bits per heavy atom. The highest BCUT2D eigenvalue weighted by atomic mass is 35.5. The lowest BCUT2D eigenvalue weighted by molar-refractivity contribution is 0.102. The van der Waals surface area contributed by atoms with Crippen LogP contribution in [0, 0.1) is 0 Å². The number of amides is 1. The quantitative estimate of drug-likeness (QED) is 0.718. The summed E-state index contributed by atoms with van der Waals surface area (Å²) >= 11 is 8.30. The molecule has 23 heavy (non-hydrogen) atoms. The van der Waals surface area contributed by atoms with Gasteiger partial charge in [-0.3, -0.25) is 4.79 Å². The molecule has 0 aliphatic carbocycles. The molecule has 0 spiro atoms. The Hall–Kier alpha value is -1.22.